The first-order valence-corrected chi connectivity index (χ1v) is 6.68. The van der Waals surface area contributed by atoms with Crippen molar-refractivity contribution in [1.29, 1.82) is 0 Å². The van der Waals surface area contributed by atoms with Crippen molar-refractivity contribution in [3.05, 3.63) is 51.9 Å². The molecule has 2 rings (SSSR count). The molecule has 3 N–H and O–H groups in total. The predicted octanol–water partition coefficient (Wildman–Crippen LogP) is 3.51. The largest absolute Gasteiger partial charge is 0.451 e. The molecule has 0 radical (unpaired) electrons. The molecule has 0 bridgehead atoms. The van der Waals surface area contributed by atoms with E-state index in [0.717, 1.165) is 5.69 Å². The van der Waals surface area contributed by atoms with Crippen molar-refractivity contribution in [3.63, 3.8) is 0 Å². The highest BCUT2D eigenvalue weighted by Gasteiger charge is 2.36. The number of primary amides is 1. The van der Waals surface area contributed by atoms with Gasteiger partial charge in [-0.15, -0.1) is 0 Å². The Morgan fingerprint density at radius 2 is 1.95 bits per heavy atom. The number of furan rings is 1. The van der Waals surface area contributed by atoms with Crippen LogP contribution in [0.15, 0.2) is 45.5 Å². The van der Waals surface area contributed by atoms with Gasteiger partial charge in [-0.3, -0.25) is 4.79 Å². The van der Waals surface area contributed by atoms with E-state index in [1.807, 2.05) is 0 Å². The van der Waals surface area contributed by atoms with Crippen molar-refractivity contribution in [1.82, 2.24) is 0 Å². The Labute approximate surface area is 124 Å². The van der Waals surface area contributed by atoms with Gasteiger partial charge in [0.1, 0.15) is 5.76 Å². The summed E-state index contributed by atoms with van der Waals surface area (Å²) in [4.78, 5) is 11.8. The van der Waals surface area contributed by atoms with Crippen LogP contribution >= 0.6 is 27.5 Å². The minimum absolute atomic E-state index is 0.432. The third-order valence-electron chi connectivity index (χ3n) is 2.80. The van der Waals surface area contributed by atoms with Crippen LogP contribution < -0.4 is 11.1 Å². The molecule has 0 aliphatic carbocycles. The van der Waals surface area contributed by atoms with Crippen LogP contribution in [0.4, 0.5) is 5.69 Å². The molecule has 0 aliphatic heterocycles. The molecule has 6 heteroatoms. The molecular formula is C13H12BrClN2O2. The molecule has 0 fully saturated rings. The second-order valence-electron chi connectivity index (χ2n) is 4.22. The number of hydrogen-bond donors (Lipinski definition) is 2. The Morgan fingerprint density at radius 1 is 1.32 bits per heavy atom. The molecule has 1 heterocycles. The van der Waals surface area contributed by atoms with Crippen molar-refractivity contribution in [2.45, 2.75) is 12.5 Å². The fourth-order valence-electron chi connectivity index (χ4n) is 1.65. The van der Waals surface area contributed by atoms with Crippen molar-refractivity contribution in [2.24, 2.45) is 5.73 Å². The second kappa shape index (κ2) is 5.27. The van der Waals surface area contributed by atoms with Crippen molar-refractivity contribution in [3.8, 4) is 0 Å². The zero-order valence-corrected chi connectivity index (χ0v) is 12.5. The Kier molecular flexibility index (Phi) is 3.87. The maximum atomic E-state index is 11.8. The molecule has 0 aliphatic rings. The molecule has 2 aromatic rings. The van der Waals surface area contributed by atoms with Crippen molar-refractivity contribution >= 4 is 39.1 Å². The van der Waals surface area contributed by atoms with Gasteiger partial charge in [0.15, 0.2) is 10.2 Å². The molecule has 0 saturated heterocycles. The van der Waals surface area contributed by atoms with Crippen LogP contribution in [0.5, 0.6) is 0 Å². The highest BCUT2D eigenvalue weighted by molar-refractivity contribution is 9.10. The lowest BCUT2D eigenvalue weighted by Gasteiger charge is -2.26. The highest BCUT2D eigenvalue weighted by atomic mass is 79.9. The number of rotatable bonds is 4. The lowest BCUT2D eigenvalue weighted by molar-refractivity contribution is -0.122. The molecule has 1 amide bonds. The molecule has 1 unspecified atom stereocenters. The zero-order valence-electron chi connectivity index (χ0n) is 10.1. The topological polar surface area (TPSA) is 68.3 Å². The monoisotopic (exact) mass is 342 g/mol. The number of anilines is 1. The zero-order chi connectivity index (χ0) is 14.0. The van der Waals surface area contributed by atoms with E-state index < -0.39 is 11.4 Å². The van der Waals surface area contributed by atoms with E-state index >= 15 is 0 Å². The Balaban J connectivity index is 2.35. The van der Waals surface area contributed by atoms with Crippen LogP contribution in [0.3, 0.4) is 0 Å². The number of halogens is 2. The van der Waals surface area contributed by atoms with E-state index in [-0.39, 0.29) is 0 Å². The highest BCUT2D eigenvalue weighted by Crippen LogP contribution is 2.29. The summed E-state index contributed by atoms with van der Waals surface area (Å²) in [7, 11) is 0. The van der Waals surface area contributed by atoms with E-state index in [1.54, 1.807) is 43.3 Å². The van der Waals surface area contributed by atoms with Gasteiger partial charge >= 0.3 is 0 Å². The lowest BCUT2D eigenvalue weighted by Crippen LogP contribution is -2.44. The van der Waals surface area contributed by atoms with Crippen LogP contribution in [0.25, 0.3) is 0 Å². The quantitative estimate of drug-likeness (QED) is 0.892. The first-order chi connectivity index (χ1) is 8.91. The van der Waals surface area contributed by atoms with E-state index in [4.69, 9.17) is 21.8 Å². The van der Waals surface area contributed by atoms with Gasteiger partial charge in [0.2, 0.25) is 0 Å². The third kappa shape index (κ3) is 2.93. The second-order valence-corrected chi connectivity index (χ2v) is 5.44. The predicted molar refractivity (Wildman–Crippen MR) is 78.0 cm³/mol. The van der Waals surface area contributed by atoms with E-state index in [1.165, 1.54) is 0 Å². The average molecular weight is 344 g/mol. The van der Waals surface area contributed by atoms with Crippen LogP contribution in [0, 0.1) is 0 Å². The van der Waals surface area contributed by atoms with E-state index in [9.17, 15) is 4.79 Å². The van der Waals surface area contributed by atoms with Crippen molar-refractivity contribution in [2.75, 3.05) is 5.32 Å². The smallest absolute Gasteiger partial charge is 0.250 e. The molecule has 100 valence electrons. The first-order valence-electron chi connectivity index (χ1n) is 5.51. The molecule has 1 aromatic carbocycles. The summed E-state index contributed by atoms with van der Waals surface area (Å²) >= 11 is 9.03. The number of nitrogens with two attached hydrogens (primary N) is 1. The maximum Gasteiger partial charge on any atom is 0.250 e. The first kappa shape index (κ1) is 14.0. The summed E-state index contributed by atoms with van der Waals surface area (Å²) in [5.41, 5.74) is 5.07. The minimum atomic E-state index is -1.14. The van der Waals surface area contributed by atoms with Gasteiger partial charge in [-0.1, -0.05) is 11.6 Å². The lowest BCUT2D eigenvalue weighted by atomic mass is 9.97. The molecule has 19 heavy (non-hydrogen) atoms. The number of amides is 1. The number of hydrogen-bond acceptors (Lipinski definition) is 3. The van der Waals surface area contributed by atoms with Gasteiger partial charge in [0.05, 0.1) is 0 Å². The summed E-state index contributed by atoms with van der Waals surface area (Å²) < 4.78 is 5.97. The normalized spacial score (nSPS) is 13.8. The molecule has 0 spiro atoms. The average Bonchev–Trinajstić information content (AvgIpc) is 2.79. The fourth-order valence-corrected chi connectivity index (χ4v) is 2.08. The number of carbonyl (C=O) groups excluding carboxylic acids is 1. The summed E-state index contributed by atoms with van der Waals surface area (Å²) in [5.74, 6) is -0.105. The number of nitrogens with one attached hydrogen (secondary N) is 1. The van der Waals surface area contributed by atoms with E-state index in [2.05, 4.69) is 21.2 Å². The van der Waals surface area contributed by atoms with Gasteiger partial charge in [0.25, 0.3) is 5.91 Å². The van der Waals surface area contributed by atoms with Crippen LogP contribution in [0.1, 0.15) is 12.7 Å². The van der Waals surface area contributed by atoms with Gasteiger partial charge in [0, 0.05) is 10.7 Å². The molecule has 1 atom stereocenters. The maximum absolute atomic E-state index is 11.8. The number of carbonyl (C=O) groups is 1. The van der Waals surface area contributed by atoms with Gasteiger partial charge in [-0.05, 0) is 59.3 Å². The van der Waals surface area contributed by atoms with Crippen LogP contribution in [0.2, 0.25) is 5.02 Å². The van der Waals surface area contributed by atoms with Crippen LogP contribution in [-0.4, -0.2) is 5.91 Å². The molecule has 1 aromatic heterocycles. The summed E-state index contributed by atoms with van der Waals surface area (Å²) in [6, 6.07) is 10.4. The summed E-state index contributed by atoms with van der Waals surface area (Å²) in [6.45, 7) is 1.66. The Morgan fingerprint density at radius 3 is 2.42 bits per heavy atom. The van der Waals surface area contributed by atoms with E-state index in [0.29, 0.717) is 15.5 Å². The summed E-state index contributed by atoms with van der Waals surface area (Å²) in [5, 5.41) is 3.68. The van der Waals surface area contributed by atoms with Crippen molar-refractivity contribution < 1.29 is 9.21 Å². The SMILES string of the molecule is CC(Nc1ccc(Cl)cc1)(C(N)=O)c1ccc(Br)o1. The Hall–Kier alpha value is -1.46. The van der Waals surface area contributed by atoms with Crippen LogP contribution in [-0.2, 0) is 10.3 Å². The fraction of sp³-hybridized carbons (Fsp3) is 0.154. The molecule has 0 saturated carbocycles. The van der Waals surface area contributed by atoms with Gasteiger partial charge in [-0.25, -0.2) is 0 Å². The van der Waals surface area contributed by atoms with Gasteiger partial charge < -0.3 is 15.5 Å². The minimum Gasteiger partial charge on any atom is -0.451 e. The van der Waals surface area contributed by atoms with Gasteiger partial charge in [-0.2, -0.15) is 0 Å². The Bertz CT molecular complexity index is 597. The molecule has 4 nitrogen and oxygen atoms in total. The molecular weight excluding hydrogens is 332 g/mol. The standard InChI is InChI=1S/C13H12BrClN2O2/c1-13(12(16)18,10-6-7-11(14)19-10)17-9-4-2-8(15)3-5-9/h2-7,17H,1H3,(H2,16,18). The number of benzene rings is 1. The summed E-state index contributed by atoms with van der Waals surface area (Å²) in [6.07, 6.45) is 0. The third-order valence-corrected chi connectivity index (χ3v) is 3.48.